The SMILES string of the molecule is C[C@@H]1CN(S(=O)(=O)c2cccc(C(=O)O[C@@H](C(=O)c3ccccc3)c3ccccc3)c2)C[C@@H](C)O1. The van der Waals surface area contributed by atoms with Gasteiger partial charge in [-0.05, 0) is 32.0 Å². The molecule has 1 heterocycles. The van der Waals surface area contributed by atoms with Crippen LogP contribution in [0.15, 0.2) is 89.8 Å². The molecule has 0 N–H and O–H groups in total. The number of ketones is 1. The van der Waals surface area contributed by atoms with E-state index in [1.807, 2.05) is 13.8 Å². The second-order valence-corrected chi connectivity index (χ2v) is 10.5. The number of hydrogen-bond acceptors (Lipinski definition) is 6. The molecular weight excluding hydrogens is 466 g/mol. The highest BCUT2D eigenvalue weighted by molar-refractivity contribution is 7.89. The zero-order valence-corrected chi connectivity index (χ0v) is 20.4. The largest absolute Gasteiger partial charge is 0.445 e. The zero-order chi connectivity index (χ0) is 25.0. The van der Waals surface area contributed by atoms with Gasteiger partial charge in [-0.2, -0.15) is 4.31 Å². The Morgan fingerprint density at radius 2 is 1.43 bits per heavy atom. The van der Waals surface area contributed by atoms with E-state index in [0.717, 1.165) is 0 Å². The first-order valence-electron chi connectivity index (χ1n) is 11.4. The van der Waals surface area contributed by atoms with Gasteiger partial charge in [0.2, 0.25) is 15.8 Å². The first-order valence-corrected chi connectivity index (χ1v) is 12.8. The molecule has 3 aromatic rings. The Balaban J connectivity index is 1.61. The fourth-order valence-electron chi connectivity index (χ4n) is 4.09. The molecule has 1 aliphatic heterocycles. The van der Waals surface area contributed by atoms with Crippen LogP contribution in [0.25, 0.3) is 0 Å². The fourth-order valence-corrected chi connectivity index (χ4v) is 5.73. The van der Waals surface area contributed by atoms with Gasteiger partial charge in [-0.3, -0.25) is 4.79 Å². The summed E-state index contributed by atoms with van der Waals surface area (Å²) in [5, 5.41) is 0. The number of sulfonamides is 1. The van der Waals surface area contributed by atoms with Gasteiger partial charge in [-0.15, -0.1) is 0 Å². The second-order valence-electron chi connectivity index (χ2n) is 8.53. The molecule has 1 fully saturated rings. The molecule has 0 bridgehead atoms. The van der Waals surface area contributed by atoms with Crippen molar-refractivity contribution in [2.24, 2.45) is 0 Å². The normalized spacial score (nSPS) is 19.6. The topological polar surface area (TPSA) is 90.0 Å². The fraction of sp³-hybridized carbons (Fsp3) is 0.259. The maximum atomic E-state index is 13.3. The molecule has 1 saturated heterocycles. The van der Waals surface area contributed by atoms with Crippen LogP contribution in [0.4, 0.5) is 0 Å². The van der Waals surface area contributed by atoms with E-state index >= 15 is 0 Å². The van der Waals surface area contributed by atoms with Crippen molar-refractivity contribution in [3.8, 4) is 0 Å². The van der Waals surface area contributed by atoms with E-state index < -0.39 is 22.1 Å². The minimum absolute atomic E-state index is 0.0149. The number of benzene rings is 3. The zero-order valence-electron chi connectivity index (χ0n) is 19.5. The van der Waals surface area contributed by atoms with Crippen molar-refractivity contribution < 1.29 is 27.5 Å². The molecule has 7 nitrogen and oxygen atoms in total. The van der Waals surface area contributed by atoms with E-state index in [1.165, 1.54) is 28.6 Å². The number of nitrogens with zero attached hydrogens (tertiary/aromatic N) is 1. The van der Waals surface area contributed by atoms with Crippen molar-refractivity contribution in [2.75, 3.05) is 13.1 Å². The second kappa shape index (κ2) is 10.5. The van der Waals surface area contributed by atoms with E-state index in [4.69, 9.17) is 9.47 Å². The minimum atomic E-state index is -3.85. The smallest absolute Gasteiger partial charge is 0.339 e. The first-order chi connectivity index (χ1) is 16.8. The van der Waals surface area contributed by atoms with Gasteiger partial charge in [-0.25, -0.2) is 13.2 Å². The molecule has 8 heteroatoms. The van der Waals surface area contributed by atoms with Gasteiger partial charge in [0, 0.05) is 24.2 Å². The van der Waals surface area contributed by atoms with Crippen LogP contribution in [0.3, 0.4) is 0 Å². The average Bonchev–Trinajstić information content (AvgIpc) is 2.87. The summed E-state index contributed by atoms with van der Waals surface area (Å²) in [4.78, 5) is 26.3. The van der Waals surface area contributed by atoms with Gasteiger partial charge in [-0.1, -0.05) is 66.7 Å². The summed E-state index contributed by atoms with van der Waals surface area (Å²) in [5.41, 5.74) is 0.970. The lowest BCUT2D eigenvalue weighted by Crippen LogP contribution is -2.48. The summed E-state index contributed by atoms with van der Waals surface area (Å²) in [6.45, 7) is 4.09. The predicted octanol–water partition coefficient (Wildman–Crippen LogP) is 4.27. The van der Waals surface area contributed by atoms with Crippen molar-refractivity contribution in [2.45, 2.75) is 37.1 Å². The maximum Gasteiger partial charge on any atom is 0.339 e. The quantitative estimate of drug-likeness (QED) is 0.361. The Labute approximate surface area is 205 Å². The predicted molar refractivity (Wildman–Crippen MR) is 131 cm³/mol. The third-order valence-corrected chi connectivity index (χ3v) is 7.54. The van der Waals surface area contributed by atoms with Gasteiger partial charge >= 0.3 is 5.97 Å². The number of morpholine rings is 1. The third-order valence-electron chi connectivity index (χ3n) is 5.72. The van der Waals surface area contributed by atoms with Gasteiger partial charge in [0.25, 0.3) is 0 Å². The summed E-state index contributed by atoms with van der Waals surface area (Å²) < 4.78 is 39.2. The van der Waals surface area contributed by atoms with E-state index in [0.29, 0.717) is 11.1 Å². The van der Waals surface area contributed by atoms with E-state index in [-0.39, 0.29) is 41.5 Å². The first kappa shape index (κ1) is 24.8. The molecule has 182 valence electrons. The summed E-state index contributed by atoms with van der Waals surface area (Å²) in [6, 6.07) is 23.0. The lowest BCUT2D eigenvalue weighted by Gasteiger charge is -2.34. The molecule has 1 aliphatic rings. The van der Waals surface area contributed by atoms with Crippen LogP contribution in [-0.2, 0) is 19.5 Å². The molecule has 0 unspecified atom stereocenters. The molecule has 0 saturated carbocycles. The van der Waals surface area contributed by atoms with Crippen LogP contribution < -0.4 is 0 Å². The van der Waals surface area contributed by atoms with Gasteiger partial charge in [0.1, 0.15) is 0 Å². The van der Waals surface area contributed by atoms with Crippen LogP contribution in [-0.4, -0.2) is 49.8 Å². The number of Topliss-reactive ketones (excluding diaryl/α,β-unsaturated/α-hetero) is 1. The highest BCUT2D eigenvalue weighted by Crippen LogP contribution is 2.26. The highest BCUT2D eigenvalue weighted by Gasteiger charge is 2.33. The summed E-state index contributed by atoms with van der Waals surface area (Å²) in [6.07, 6.45) is -1.65. The Kier molecular flexibility index (Phi) is 7.45. The Morgan fingerprint density at radius 3 is 2.06 bits per heavy atom. The van der Waals surface area contributed by atoms with Crippen LogP contribution in [0, 0.1) is 0 Å². The summed E-state index contributed by atoms with van der Waals surface area (Å²) >= 11 is 0. The molecule has 0 spiro atoms. The molecule has 3 atom stereocenters. The number of carbonyl (C=O) groups is 2. The highest BCUT2D eigenvalue weighted by atomic mass is 32.2. The molecule has 0 radical (unpaired) electrons. The van der Waals surface area contributed by atoms with Gasteiger partial charge in [0.15, 0.2) is 6.10 Å². The van der Waals surface area contributed by atoms with Crippen molar-refractivity contribution in [3.05, 3.63) is 102 Å². The summed E-state index contributed by atoms with van der Waals surface area (Å²) in [7, 11) is -3.85. The van der Waals surface area contributed by atoms with Crippen molar-refractivity contribution in [3.63, 3.8) is 0 Å². The molecule has 4 rings (SSSR count). The third kappa shape index (κ3) is 5.67. The van der Waals surface area contributed by atoms with Gasteiger partial charge in [0.05, 0.1) is 22.7 Å². The molecular formula is C27H27NO6S. The van der Waals surface area contributed by atoms with E-state index in [2.05, 4.69) is 0 Å². The van der Waals surface area contributed by atoms with E-state index in [9.17, 15) is 18.0 Å². The molecule has 0 amide bonds. The van der Waals surface area contributed by atoms with E-state index in [1.54, 1.807) is 60.7 Å². The summed E-state index contributed by atoms with van der Waals surface area (Å²) in [5.74, 6) is -1.16. The van der Waals surface area contributed by atoms with Crippen molar-refractivity contribution in [1.29, 1.82) is 0 Å². The maximum absolute atomic E-state index is 13.3. The molecule has 35 heavy (non-hydrogen) atoms. The van der Waals surface area contributed by atoms with Crippen LogP contribution in [0.1, 0.15) is 46.2 Å². The Hall–Kier alpha value is -3.33. The number of ether oxygens (including phenoxy) is 2. The van der Waals surface area contributed by atoms with Crippen LogP contribution >= 0.6 is 0 Å². The van der Waals surface area contributed by atoms with Crippen LogP contribution in [0.5, 0.6) is 0 Å². The molecule has 0 aliphatic carbocycles. The minimum Gasteiger partial charge on any atom is -0.445 e. The Morgan fingerprint density at radius 1 is 0.857 bits per heavy atom. The average molecular weight is 494 g/mol. The molecule has 3 aromatic carbocycles. The lowest BCUT2D eigenvalue weighted by atomic mass is 10.00. The monoisotopic (exact) mass is 493 g/mol. The number of esters is 1. The molecule has 0 aromatic heterocycles. The lowest BCUT2D eigenvalue weighted by molar-refractivity contribution is -0.0440. The number of carbonyl (C=O) groups excluding carboxylic acids is 2. The van der Waals surface area contributed by atoms with Gasteiger partial charge < -0.3 is 9.47 Å². The van der Waals surface area contributed by atoms with Crippen LogP contribution in [0.2, 0.25) is 0 Å². The van der Waals surface area contributed by atoms with Crippen molar-refractivity contribution >= 4 is 21.8 Å². The Bertz CT molecular complexity index is 1280. The standard InChI is InChI=1S/C27H27NO6S/c1-19-17-28(18-20(2)33-19)35(31,32)24-15-9-14-23(16-24)27(30)34-26(22-12-7-4-8-13-22)25(29)21-10-5-3-6-11-21/h3-16,19-20,26H,17-18H2,1-2H3/t19-,20-,26-/m1/s1. The number of rotatable bonds is 7. The number of hydrogen-bond donors (Lipinski definition) is 0. The van der Waals surface area contributed by atoms with Crippen molar-refractivity contribution in [1.82, 2.24) is 4.31 Å².